The third-order valence-corrected chi connectivity index (χ3v) is 3.91. The second kappa shape index (κ2) is 4.20. The Bertz CT molecular complexity index is 530. The third-order valence-electron chi connectivity index (χ3n) is 1.69. The number of anilines is 1. The third kappa shape index (κ3) is 3.11. The van der Waals surface area contributed by atoms with Gasteiger partial charge in [-0.2, -0.15) is 0 Å². The van der Waals surface area contributed by atoms with Crippen molar-refractivity contribution >= 4 is 32.6 Å². The van der Waals surface area contributed by atoms with Crippen molar-refractivity contribution in [2.45, 2.75) is 30.6 Å². The lowest BCUT2D eigenvalue weighted by molar-refractivity contribution is 0.195. The van der Waals surface area contributed by atoms with Crippen molar-refractivity contribution in [3.63, 3.8) is 0 Å². The Hall–Kier alpha value is -1.26. The smallest absolute Gasteiger partial charge is 0.414 e. The number of carboxylic acid groups (broad SMARTS) is 1. The van der Waals surface area contributed by atoms with E-state index in [9.17, 15) is 13.2 Å². The number of hydrogen-bond acceptors (Lipinski definition) is 6. The molecular weight excluding hydrogens is 268 g/mol. The second-order valence-corrected chi connectivity index (χ2v) is 6.88. The van der Waals surface area contributed by atoms with Gasteiger partial charge >= 0.3 is 6.09 Å². The fraction of sp³-hybridized carbons (Fsp3) is 0.571. The van der Waals surface area contributed by atoms with Crippen molar-refractivity contribution in [2.24, 2.45) is 5.14 Å². The van der Waals surface area contributed by atoms with Crippen LogP contribution >= 0.6 is 11.3 Å². The molecule has 8 nitrogen and oxygen atoms in total. The fourth-order valence-electron chi connectivity index (χ4n) is 1.06. The Kier molecular flexibility index (Phi) is 3.41. The van der Waals surface area contributed by atoms with Crippen molar-refractivity contribution in [3.05, 3.63) is 0 Å². The molecule has 0 unspecified atom stereocenters. The lowest BCUT2D eigenvalue weighted by atomic mass is 10.1. The van der Waals surface area contributed by atoms with Gasteiger partial charge in [-0.25, -0.2) is 23.3 Å². The maximum atomic E-state index is 11.1. The SMILES string of the molecule is CC(C)(C)N(C(=O)O)c1nnc(S(N)(=O)=O)s1. The first-order chi connectivity index (χ1) is 7.53. The molecule has 0 aliphatic rings. The fourth-order valence-corrected chi connectivity index (χ4v) is 2.67. The molecule has 0 radical (unpaired) electrons. The van der Waals surface area contributed by atoms with Crippen LogP contribution in [-0.4, -0.2) is 35.4 Å². The molecule has 0 aliphatic heterocycles. The summed E-state index contributed by atoms with van der Waals surface area (Å²) in [5.74, 6) is 0. The lowest BCUT2D eigenvalue weighted by Crippen LogP contribution is -2.45. The highest BCUT2D eigenvalue weighted by Gasteiger charge is 2.32. The van der Waals surface area contributed by atoms with Gasteiger partial charge in [-0.3, -0.25) is 0 Å². The zero-order chi connectivity index (χ0) is 13.4. The highest BCUT2D eigenvalue weighted by molar-refractivity contribution is 7.91. The number of hydrogen-bond donors (Lipinski definition) is 2. The van der Waals surface area contributed by atoms with Crippen LogP contribution in [0, 0.1) is 0 Å². The average Bonchev–Trinajstić information content (AvgIpc) is 2.47. The van der Waals surface area contributed by atoms with Crippen LogP contribution in [0.15, 0.2) is 4.34 Å². The van der Waals surface area contributed by atoms with Gasteiger partial charge in [-0.05, 0) is 20.8 Å². The van der Waals surface area contributed by atoms with E-state index >= 15 is 0 Å². The monoisotopic (exact) mass is 280 g/mol. The molecule has 0 aliphatic carbocycles. The molecule has 0 spiro atoms. The lowest BCUT2D eigenvalue weighted by Gasteiger charge is -2.30. The Morgan fingerprint density at radius 1 is 1.41 bits per heavy atom. The molecule has 3 N–H and O–H groups in total. The molecule has 1 amide bonds. The molecule has 96 valence electrons. The zero-order valence-corrected chi connectivity index (χ0v) is 11.0. The minimum Gasteiger partial charge on any atom is -0.465 e. The minimum atomic E-state index is -3.96. The summed E-state index contributed by atoms with van der Waals surface area (Å²) in [6.45, 7) is 4.96. The standard InChI is InChI=1S/C7H12N4O4S2/c1-7(2,3)11(6(12)13)4-9-10-5(16-4)17(8,14)15/h1-3H3,(H,12,13)(H2,8,14,15). The van der Waals surface area contributed by atoms with E-state index in [1.54, 1.807) is 20.8 Å². The predicted molar refractivity (Wildman–Crippen MR) is 61.5 cm³/mol. The number of aromatic nitrogens is 2. The van der Waals surface area contributed by atoms with Crippen LogP contribution in [0.1, 0.15) is 20.8 Å². The molecule has 10 heteroatoms. The van der Waals surface area contributed by atoms with E-state index in [0.717, 1.165) is 4.90 Å². The summed E-state index contributed by atoms with van der Waals surface area (Å²) in [6.07, 6.45) is -1.24. The maximum Gasteiger partial charge on any atom is 0.414 e. The van der Waals surface area contributed by atoms with Crippen LogP contribution in [0.2, 0.25) is 0 Å². The molecule has 0 bridgehead atoms. The highest BCUT2D eigenvalue weighted by Crippen LogP contribution is 2.28. The van der Waals surface area contributed by atoms with Gasteiger partial charge in [0.15, 0.2) is 0 Å². The van der Waals surface area contributed by atoms with Crippen LogP contribution in [-0.2, 0) is 10.0 Å². The quantitative estimate of drug-likeness (QED) is 0.758. The highest BCUT2D eigenvalue weighted by atomic mass is 32.2. The van der Waals surface area contributed by atoms with Gasteiger partial charge < -0.3 is 5.11 Å². The van der Waals surface area contributed by atoms with E-state index in [-0.39, 0.29) is 5.13 Å². The predicted octanol–water partition coefficient (Wildman–Crippen LogP) is 0.468. The van der Waals surface area contributed by atoms with Crippen molar-refractivity contribution in [3.8, 4) is 0 Å². The van der Waals surface area contributed by atoms with E-state index in [4.69, 9.17) is 10.2 Å². The van der Waals surface area contributed by atoms with E-state index < -0.39 is 26.0 Å². The van der Waals surface area contributed by atoms with Crippen molar-refractivity contribution < 1.29 is 18.3 Å². The maximum absolute atomic E-state index is 11.1. The number of amides is 1. The summed E-state index contributed by atoms with van der Waals surface area (Å²) in [6, 6.07) is 0. The molecule has 0 aromatic carbocycles. The normalized spacial score (nSPS) is 12.5. The second-order valence-electron chi connectivity index (χ2n) is 4.18. The summed E-state index contributed by atoms with van der Waals surface area (Å²) < 4.78 is 21.6. The van der Waals surface area contributed by atoms with Crippen molar-refractivity contribution in [1.29, 1.82) is 0 Å². The number of nitrogens with zero attached hydrogens (tertiary/aromatic N) is 3. The summed E-state index contributed by atoms with van der Waals surface area (Å²) in [5.41, 5.74) is -0.763. The first-order valence-corrected chi connectivity index (χ1v) is 6.79. The molecule has 17 heavy (non-hydrogen) atoms. The molecule has 1 aromatic rings. The summed E-state index contributed by atoms with van der Waals surface area (Å²) in [7, 11) is -3.96. The minimum absolute atomic E-state index is 0.0333. The van der Waals surface area contributed by atoms with Gasteiger partial charge in [0.25, 0.3) is 10.0 Å². The van der Waals surface area contributed by atoms with E-state index in [1.807, 2.05) is 0 Å². The first kappa shape index (κ1) is 13.8. The first-order valence-electron chi connectivity index (χ1n) is 4.43. The van der Waals surface area contributed by atoms with Gasteiger partial charge in [0, 0.05) is 5.54 Å². The zero-order valence-electron chi connectivity index (χ0n) is 9.41. The van der Waals surface area contributed by atoms with Gasteiger partial charge in [0.1, 0.15) is 0 Å². The molecule has 0 saturated heterocycles. The van der Waals surface area contributed by atoms with Crippen molar-refractivity contribution in [1.82, 2.24) is 10.2 Å². The number of nitrogens with two attached hydrogens (primary N) is 1. The van der Waals surface area contributed by atoms with Crippen LogP contribution < -0.4 is 10.0 Å². The van der Waals surface area contributed by atoms with Crippen LogP contribution in [0.25, 0.3) is 0 Å². The van der Waals surface area contributed by atoms with E-state index in [2.05, 4.69) is 10.2 Å². The Morgan fingerprint density at radius 2 is 1.94 bits per heavy atom. The molecule has 0 atom stereocenters. The number of sulfonamides is 1. The summed E-state index contributed by atoms with van der Waals surface area (Å²) in [4.78, 5) is 12.0. The molecule has 1 aromatic heterocycles. The largest absolute Gasteiger partial charge is 0.465 e. The average molecular weight is 280 g/mol. The molecule has 0 saturated carbocycles. The topological polar surface area (TPSA) is 126 Å². The van der Waals surface area contributed by atoms with Crippen LogP contribution in [0.4, 0.5) is 9.93 Å². The van der Waals surface area contributed by atoms with Gasteiger partial charge in [0.2, 0.25) is 9.47 Å². The molecular formula is C7H12N4O4S2. The van der Waals surface area contributed by atoms with E-state index in [0.29, 0.717) is 11.3 Å². The van der Waals surface area contributed by atoms with Crippen LogP contribution in [0.3, 0.4) is 0 Å². The number of primary sulfonamides is 1. The molecule has 1 heterocycles. The van der Waals surface area contributed by atoms with Gasteiger partial charge in [-0.15, -0.1) is 10.2 Å². The molecule has 0 fully saturated rings. The summed E-state index contributed by atoms with van der Waals surface area (Å²) in [5, 5.41) is 20.8. The number of carbonyl (C=O) groups is 1. The molecule has 1 rings (SSSR count). The van der Waals surface area contributed by atoms with Crippen molar-refractivity contribution in [2.75, 3.05) is 4.90 Å². The van der Waals surface area contributed by atoms with Crippen LogP contribution in [0.5, 0.6) is 0 Å². The van der Waals surface area contributed by atoms with Gasteiger partial charge in [-0.1, -0.05) is 11.3 Å². The summed E-state index contributed by atoms with van der Waals surface area (Å²) >= 11 is 0.613. The van der Waals surface area contributed by atoms with Gasteiger partial charge in [0.05, 0.1) is 0 Å². The number of rotatable bonds is 2. The Labute approximate surface area is 102 Å². The Balaban J connectivity index is 3.23. The van der Waals surface area contributed by atoms with E-state index in [1.165, 1.54) is 0 Å². The Morgan fingerprint density at radius 3 is 2.24 bits per heavy atom.